The van der Waals surface area contributed by atoms with Gasteiger partial charge in [0.1, 0.15) is 10.7 Å². The first kappa shape index (κ1) is 10.8. The molecular formula is C11H8FNO2S. The van der Waals surface area contributed by atoms with Gasteiger partial charge in [-0.15, -0.1) is 11.3 Å². The Bertz CT molecular complexity index is 551. The van der Waals surface area contributed by atoms with Crippen molar-refractivity contribution < 1.29 is 14.3 Å². The number of aryl methyl sites for hydroxylation is 1. The van der Waals surface area contributed by atoms with Crippen LogP contribution in [-0.4, -0.2) is 16.1 Å². The highest BCUT2D eigenvalue weighted by Crippen LogP contribution is 2.32. The molecule has 0 aliphatic carbocycles. The lowest BCUT2D eigenvalue weighted by Crippen LogP contribution is -1.89. The Morgan fingerprint density at radius 3 is 2.75 bits per heavy atom. The van der Waals surface area contributed by atoms with Gasteiger partial charge in [0.05, 0.1) is 6.20 Å². The van der Waals surface area contributed by atoms with Crippen molar-refractivity contribution in [2.75, 3.05) is 0 Å². The van der Waals surface area contributed by atoms with Crippen molar-refractivity contribution >= 4 is 17.3 Å². The van der Waals surface area contributed by atoms with Gasteiger partial charge in [0.2, 0.25) is 0 Å². The van der Waals surface area contributed by atoms with Crippen LogP contribution in [0.3, 0.4) is 0 Å². The molecule has 2 aromatic rings. The summed E-state index contributed by atoms with van der Waals surface area (Å²) >= 11 is 1.12. The van der Waals surface area contributed by atoms with Crippen LogP contribution in [0.1, 0.15) is 15.2 Å². The second-order valence-electron chi connectivity index (χ2n) is 3.32. The quantitative estimate of drug-likeness (QED) is 0.873. The molecule has 0 radical (unpaired) electrons. The van der Waals surface area contributed by atoms with Gasteiger partial charge in [0, 0.05) is 16.6 Å². The fourth-order valence-electron chi connectivity index (χ4n) is 1.41. The van der Waals surface area contributed by atoms with Crippen molar-refractivity contribution in [3.05, 3.63) is 40.8 Å². The number of carboxylic acids is 1. The fraction of sp³-hybridized carbons (Fsp3) is 0.0909. The van der Waals surface area contributed by atoms with E-state index in [0.29, 0.717) is 5.56 Å². The zero-order chi connectivity index (χ0) is 11.7. The molecule has 0 aromatic carbocycles. The second kappa shape index (κ2) is 4.02. The molecule has 0 amide bonds. The van der Waals surface area contributed by atoms with Crippen LogP contribution in [0, 0.1) is 12.7 Å². The van der Waals surface area contributed by atoms with Crippen molar-refractivity contribution in [1.82, 2.24) is 4.98 Å². The lowest BCUT2D eigenvalue weighted by Gasteiger charge is -1.98. The third-order valence-electron chi connectivity index (χ3n) is 2.10. The molecule has 0 saturated carbocycles. The van der Waals surface area contributed by atoms with Crippen molar-refractivity contribution in [1.29, 1.82) is 0 Å². The molecule has 5 heteroatoms. The molecule has 16 heavy (non-hydrogen) atoms. The van der Waals surface area contributed by atoms with Gasteiger partial charge in [-0.05, 0) is 24.6 Å². The number of rotatable bonds is 2. The van der Waals surface area contributed by atoms with Crippen LogP contribution in [0.4, 0.5) is 4.39 Å². The molecule has 2 aromatic heterocycles. The van der Waals surface area contributed by atoms with E-state index in [1.54, 1.807) is 13.0 Å². The number of hydrogen-bond donors (Lipinski definition) is 1. The van der Waals surface area contributed by atoms with Gasteiger partial charge >= 0.3 is 5.97 Å². The smallest absolute Gasteiger partial charge is 0.345 e. The van der Waals surface area contributed by atoms with Gasteiger partial charge in [-0.1, -0.05) is 0 Å². The van der Waals surface area contributed by atoms with Gasteiger partial charge < -0.3 is 5.11 Å². The summed E-state index contributed by atoms with van der Waals surface area (Å²) in [5.41, 5.74) is 1.42. The first-order valence-corrected chi connectivity index (χ1v) is 5.34. The Labute approximate surface area is 95.2 Å². The largest absolute Gasteiger partial charge is 0.477 e. The van der Waals surface area contributed by atoms with Crippen LogP contribution in [0.5, 0.6) is 0 Å². The summed E-state index contributed by atoms with van der Waals surface area (Å²) in [6.07, 6.45) is 2.64. The molecule has 3 nitrogen and oxygen atoms in total. The highest BCUT2D eigenvalue weighted by Gasteiger charge is 2.13. The predicted octanol–water partition coefficient (Wildman–Crippen LogP) is 2.96. The van der Waals surface area contributed by atoms with E-state index in [1.165, 1.54) is 12.3 Å². The Hall–Kier alpha value is -1.75. The molecule has 0 fully saturated rings. The average molecular weight is 237 g/mol. The van der Waals surface area contributed by atoms with Gasteiger partial charge in [0.25, 0.3) is 0 Å². The molecule has 0 aliphatic heterocycles. The van der Waals surface area contributed by atoms with Crippen LogP contribution in [0.15, 0.2) is 24.5 Å². The lowest BCUT2D eigenvalue weighted by atomic mass is 10.1. The third kappa shape index (κ3) is 1.94. The zero-order valence-electron chi connectivity index (χ0n) is 8.40. The molecule has 0 spiro atoms. The van der Waals surface area contributed by atoms with E-state index in [9.17, 15) is 9.18 Å². The normalized spacial score (nSPS) is 10.4. The van der Waals surface area contributed by atoms with Crippen molar-refractivity contribution in [3.63, 3.8) is 0 Å². The van der Waals surface area contributed by atoms with E-state index >= 15 is 0 Å². The van der Waals surface area contributed by atoms with E-state index < -0.39 is 11.8 Å². The molecule has 0 bridgehead atoms. The Morgan fingerprint density at radius 1 is 1.44 bits per heavy atom. The number of halogens is 1. The molecule has 82 valence electrons. The van der Waals surface area contributed by atoms with Crippen LogP contribution >= 0.6 is 11.3 Å². The number of pyridine rings is 1. The average Bonchev–Trinajstić information content (AvgIpc) is 2.60. The summed E-state index contributed by atoms with van der Waals surface area (Å²) < 4.78 is 13.0. The molecule has 0 atom stereocenters. The summed E-state index contributed by atoms with van der Waals surface area (Å²) in [5.74, 6) is -1.40. The number of thiophene rings is 1. The standard InChI is InChI=1S/C11H8FNO2S/c1-6-2-9(11(14)15)16-10(6)7-3-8(12)5-13-4-7/h2-5H,1H3,(H,14,15). The van der Waals surface area contributed by atoms with E-state index in [0.717, 1.165) is 28.0 Å². The summed E-state index contributed by atoms with van der Waals surface area (Å²) in [4.78, 5) is 15.5. The topological polar surface area (TPSA) is 50.2 Å². The van der Waals surface area contributed by atoms with Crippen LogP contribution < -0.4 is 0 Å². The predicted molar refractivity (Wildman–Crippen MR) is 59.2 cm³/mol. The summed E-state index contributed by atoms with van der Waals surface area (Å²) in [6.45, 7) is 1.79. The minimum absolute atomic E-state index is 0.247. The summed E-state index contributed by atoms with van der Waals surface area (Å²) in [7, 11) is 0. The molecule has 0 aliphatic rings. The second-order valence-corrected chi connectivity index (χ2v) is 4.37. The van der Waals surface area contributed by atoms with Gasteiger partial charge in [-0.25, -0.2) is 9.18 Å². The monoisotopic (exact) mass is 237 g/mol. The molecule has 1 N–H and O–H groups in total. The van der Waals surface area contributed by atoms with Gasteiger partial charge in [-0.2, -0.15) is 0 Å². The number of aromatic nitrogens is 1. The molecule has 2 rings (SSSR count). The first-order chi connectivity index (χ1) is 7.58. The number of aromatic carboxylic acids is 1. The zero-order valence-corrected chi connectivity index (χ0v) is 9.21. The number of carboxylic acid groups (broad SMARTS) is 1. The summed E-state index contributed by atoms with van der Waals surface area (Å²) in [5, 5.41) is 8.84. The number of carbonyl (C=O) groups is 1. The maximum atomic E-state index is 13.0. The SMILES string of the molecule is Cc1cc(C(=O)O)sc1-c1cncc(F)c1. The molecule has 0 unspecified atom stereocenters. The van der Waals surface area contributed by atoms with Crippen molar-refractivity contribution in [3.8, 4) is 10.4 Å². The van der Waals surface area contributed by atoms with Crippen LogP contribution in [-0.2, 0) is 0 Å². The Kier molecular flexibility index (Phi) is 2.70. The van der Waals surface area contributed by atoms with Crippen molar-refractivity contribution in [2.45, 2.75) is 6.92 Å². The highest BCUT2D eigenvalue weighted by atomic mass is 32.1. The summed E-state index contributed by atoms with van der Waals surface area (Å²) in [6, 6.07) is 2.92. The minimum Gasteiger partial charge on any atom is -0.477 e. The highest BCUT2D eigenvalue weighted by molar-refractivity contribution is 7.17. The van der Waals surface area contributed by atoms with Crippen molar-refractivity contribution in [2.24, 2.45) is 0 Å². The minimum atomic E-state index is -0.969. The lowest BCUT2D eigenvalue weighted by molar-refractivity contribution is 0.0702. The Balaban J connectivity index is 2.52. The van der Waals surface area contributed by atoms with E-state index in [1.807, 2.05) is 0 Å². The van der Waals surface area contributed by atoms with E-state index in [2.05, 4.69) is 4.98 Å². The van der Waals surface area contributed by atoms with E-state index in [-0.39, 0.29) is 4.88 Å². The molecule has 0 saturated heterocycles. The van der Waals surface area contributed by atoms with Crippen LogP contribution in [0.2, 0.25) is 0 Å². The van der Waals surface area contributed by atoms with Gasteiger partial charge in [-0.3, -0.25) is 4.98 Å². The molecule has 2 heterocycles. The number of hydrogen-bond acceptors (Lipinski definition) is 3. The third-order valence-corrected chi connectivity index (χ3v) is 3.37. The molecular weight excluding hydrogens is 229 g/mol. The maximum absolute atomic E-state index is 13.0. The fourth-order valence-corrected chi connectivity index (χ4v) is 2.40. The Morgan fingerprint density at radius 2 is 2.19 bits per heavy atom. The van der Waals surface area contributed by atoms with Crippen LogP contribution in [0.25, 0.3) is 10.4 Å². The van der Waals surface area contributed by atoms with E-state index in [4.69, 9.17) is 5.11 Å². The van der Waals surface area contributed by atoms with Gasteiger partial charge in [0.15, 0.2) is 0 Å². The number of nitrogens with zero attached hydrogens (tertiary/aromatic N) is 1. The first-order valence-electron chi connectivity index (χ1n) is 4.52. The maximum Gasteiger partial charge on any atom is 0.345 e.